The normalized spacial score (nSPS) is 9.86. The molecule has 1 amide bonds. The molecule has 6 heteroatoms. The zero-order valence-electron chi connectivity index (χ0n) is 10.8. The summed E-state index contributed by atoms with van der Waals surface area (Å²) in [4.78, 5) is 12.9. The van der Waals surface area contributed by atoms with Gasteiger partial charge in [0.05, 0.1) is 17.1 Å². The summed E-state index contributed by atoms with van der Waals surface area (Å²) in [6, 6.07) is 5.89. The van der Waals surface area contributed by atoms with Crippen LogP contribution in [0, 0.1) is 17.7 Å². The number of aliphatic hydroxyl groups excluding tert-OH is 1. The molecule has 1 heterocycles. The monoisotopic (exact) mass is 323 g/mol. The lowest BCUT2D eigenvalue weighted by Crippen LogP contribution is -2.23. The molecule has 0 fully saturated rings. The summed E-state index contributed by atoms with van der Waals surface area (Å²) in [5.41, 5.74) is 0.843. The van der Waals surface area contributed by atoms with Crippen molar-refractivity contribution in [2.24, 2.45) is 0 Å². The Morgan fingerprint density at radius 1 is 1.43 bits per heavy atom. The van der Waals surface area contributed by atoms with Crippen molar-refractivity contribution in [3.8, 4) is 11.8 Å². The van der Waals surface area contributed by atoms with Gasteiger partial charge in [0.1, 0.15) is 12.4 Å². The predicted octanol–water partition coefficient (Wildman–Crippen LogP) is 2.81. The molecule has 0 spiro atoms. The molecule has 2 N–H and O–H groups in total. The quantitative estimate of drug-likeness (QED) is 0.853. The van der Waals surface area contributed by atoms with E-state index in [1.807, 2.05) is 11.4 Å². The molecule has 21 heavy (non-hydrogen) atoms. The summed E-state index contributed by atoms with van der Waals surface area (Å²) in [6.45, 7) is 0.0410. The molecule has 0 radical (unpaired) electrons. The van der Waals surface area contributed by atoms with E-state index in [1.165, 1.54) is 29.5 Å². The van der Waals surface area contributed by atoms with Crippen LogP contribution in [0.1, 0.15) is 20.8 Å². The van der Waals surface area contributed by atoms with Crippen LogP contribution in [0.5, 0.6) is 0 Å². The largest absolute Gasteiger partial charge is 0.384 e. The third kappa shape index (κ3) is 3.82. The highest BCUT2D eigenvalue weighted by Gasteiger charge is 2.13. The molecular weight excluding hydrogens is 313 g/mol. The van der Waals surface area contributed by atoms with E-state index in [0.717, 1.165) is 10.4 Å². The van der Waals surface area contributed by atoms with Crippen molar-refractivity contribution in [1.82, 2.24) is 5.32 Å². The highest BCUT2D eigenvalue weighted by atomic mass is 35.5. The van der Waals surface area contributed by atoms with E-state index in [2.05, 4.69) is 17.2 Å². The van der Waals surface area contributed by atoms with Gasteiger partial charge in [0.15, 0.2) is 0 Å². The molecule has 0 aliphatic carbocycles. The first-order chi connectivity index (χ1) is 10.1. The number of amides is 1. The van der Waals surface area contributed by atoms with Crippen molar-refractivity contribution in [3.05, 3.63) is 56.5 Å². The van der Waals surface area contributed by atoms with Crippen molar-refractivity contribution in [2.75, 3.05) is 6.61 Å². The molecule has 0 unspecified atom stereocenters. The number of hydrogen-bond acceptors (Lipinski definition) is 3. The Hall–Kier alpha value is -1.87. The van der Waals surface area contributed by atoms with Gasteiger partial charge in [-0.1, -0.05) is 29.5 Å². The van der Waals surface area contributed by atoms with Crippen molar-refractivity contribution >= 4 is 28.8 Å². The Morgan fingerprint density at radius 2 is 2.24 bits per heavy atom. The van der Waals surface area contributed by atoms with Crippen molar-refractivity contribution in [1.29, 1.82) is 0 Å². The minimum Gasteiger partial charge on any atom is -0.384 e. The number of thiophene rings is 1. The number of halogens is 2. The second kappa shape index (κ2) is 7.23. The second-order valence-electron chi connectivity index (χ2n) is 4.00. The Bertz CT molecular complexity index is 718. The average Bonchev–Trinajstić information content (AvgIpc) is 2.93. The standard InChI is InChI=1S/C15H11ClFNO2S/c16-14-11(4-1-5-12(14)17)15(20)18-9-13-10(3-2-7-19)6-8-21-13/h1,4-6,8,19H,7,9H2,(H,18,20). The van der Waals surface area contributed by atoms with Gasteiger partial charge in [-0.05, 0) is 23.6 Å². The molecule has 2 rings (SSSR count). The topological polar surface area (TPSA) is 49.3 Å². The summed E-state index contributed by atoms with van der Waals surface area (Å²) in [5.74, 6) is 4.28. The van der Waals surface area contributed by atoms with E-state index in [-0.39, 0.29) is 23.7 Å². The highest BCUT2D eigenvalue weighted by molar-refractivity contribution is 7.10. The van der Waals surface area contributed by atoms with E-state index in [9.17, 15) is 9.18 Å². The third-order valence-electron chi connectivity index (χ3n) is 2.65. The maximum absolute atomic E-state index is 13.3. The van der Waals surface area contributed by atoms with Crippen molar-refractivity contribution in [3.63, 3.8) is 0 Å². The molecule has 0 aliphatic rings. The zero-order chi connectivity index (χ0) is 15.2. The molecular formula is C15H11ClFNO2S. The second-order valence-corrected chi connectivity index (χ2v) is 5.38. The number of rotatable bonds is 3. The predicted molar refractivity (Wildman–Crippen MR) is 80.9 cm³/mol. The third-order valence-corrected chi connectivity index (χ3v) is 3.96. The Balaban J connectivity index is 2.08. The van der Waals surface area contributed by atoms with Gasteiger partial charge < -0.3 is 10.4 Å². The number of aliphatic hydroxyl groups is 1. The molecule has 0 aliphatic heterocycles. The van der Waals surface area contributed by atoms with Gasteiger partial charge in [-0.25, -0.2) is 4.39 Å². The van der Waals surface area contributed by atoms with E-state index in [4.69, 9.17) is 16.7 Å². The molecule has 1 aromatic carbocycles. The summed E-state index contributed by atoms with van der Waals surface area (Å²) >= 11 is 7.20. The molecule has 108 valence electrons. The van der Waals surface area contributed by atoms with Crippen LogP contribution < -0.4 is 5.32 Å². The zero-order valence-corrected chi connectivity index (χ0v) is 12.4. The summed E-state index contributed by atoms with van der Waals surface area (Å²) < 4.78 is 13.3. The number of carbonyl (C=O) groups excluding carboxylic acids is 1. The molecule has 0 bridgehead atoms. The van der Waals surface area contributed by atoms with Crippen molar-refractivity contribution < 1.29 is 14.3 Å². The van der Waals surface area contributed by atoms with Gasteiger partial charge in [0.25, 0.3) is 5.91 Å². The SMILES string of the molecule is O=C(NCc1sccc1C#CCO)c1cccc(F)c1Cl. The number of benzene rings is 1. The maximum atomic E-state index is 13.3. The molecule has 3 nitrogen and oxygen atoms in total. The Kier molecular flexibility index (Phi) is 5.34. The first-order valence-corrected chi connectivity index (χ1v) is 7.27. The van der Waals surface area contributed by atoms with Crippen LogP contribution in [0.15, 0.2) is 29.6 Å². The number of nitrogens with one attached hydrogen (secondary N) is 1. The van der Waals surface area contributed by atoms with Gasteiger partial charge >= 0.3 is 0 Å². The lowest BCUT2D eigenvalue weighted by molar-refractivity contribution is 0.0951. The van der Waals surface area contributed by atoms with Crippen LogP contribution in [-0.2, 0) is 6.54 Å². The van der Waals surface area contributed by atoms with Gasteiger partial charge in [-0.15, -0.1) is 11.3 Å². The summed E-state index contributed by atoms with van der Waals surface area (Å²) in [6.07, 6.45) is 0. The van der Waals surface area contributed by atoms with E-state index in [0.29, 0.717) is 0 Å². The van der Waals surface area contributed by atoms with E-state index >= 15 is 0 Å². The molecule has 2 aromatic rings. The van der Waals surface area contributed by atoms with Crippen LogP contribution in [0.4, 0.5) is 4.39 Å². The molecule has 1 aromatic heterocycles. The fraction of sp³-hybridized carbons (Fsp3) is 0.133. The van der Waals surface area contributed by atoms with Crippen LogP contribution in [0.2, 0.25) is 5.02 Å². The minimum atomic E-state index is -0.630. The molecule has 0 saturated heterocycles. The summed E-state index contributed by atoms with van der Waals surface area (Å²) in [7, 11) is 0. The summed E-state index contributed by atoms with van der Waals surface area (Å²) in [5, 5.41) is 13.0. The minimum absolute atomic E-state index is 0.0937. The highest BCUT2D eigenvalue weighted by Crippen LogP contribution is 2.20. The number of carbonyl (C=O) groups is 1. The van der Waals surface area contributed by atoms with Gasteiger partial charge in [0.2, 0.25) is 0 Å². The Morgan fingerprint density at radius 3 is 3.00 bits per heavy atom. The van der Waals surface area contributed by atoms with Crippen LogP contribution >= 0.6 is 22.9 Å². The fourth-order valence-electron chi connectivity index (χ4n) is 1.66. The lowest BCUT2D eigenvalue weighted by atomic mass is 10.2. The number of hydrogen-bond donors (Lipinski definition) is 2. The van der Waals surface area contributed by atoms with Crippen molar-refractivity contribution in [2.45, 2.75) is 6.54 Å². The van der Waals surface area contributed by atoms with E-state index in [1.54, 1.807) is 0 Å². The first kappa shape index (κ1) is 15.5. The van der Waals surface area contributed by atoms with Gasteiger partial charge in [-0.3, -0.25) is 4.79 Å². The molecule has 0 saturated carbocycles. The van der Waals surface area contributed by atoms with Crippen LogP contribution in [0.3, 0.4) is 0 Å². The molecule has 0 atom stereocenters. The lowest BCUT2D eigenvalue weighted by Gasteiger charge is -2.06. The Labute approximate surface area is 130 Å². The van der Waals surface area contributed by atoms with Crippen LogP contribution in [0.25, 0.3) is 0 Å². The van der Waals surface area contributed by atoms with Crippen LogP contribution in [-0.4, -0.2) is 17.6 Å². The van der Waals surface area contributed by atoms with Gasteiger partial charge in [-0.2, -0.15) is 0 Å². The van der Waals surface area contributed by atoms with Gasteiger partial charge in [0, 0.05) is 10.4 Å². The first-order valence-electron chi connectivity index (χ1n) is 6.01. The maximum Gasteiger partial charge on any atom is 0.253 e. The smallest absolute Gasteiger partial charge is 0.253 e. The van der Waals surface area contributed by atoms with E-state index < -0.39 is 11.7 Å². The average molecular weight is 324 g/mol. The fourth-order valence-corrected chi connectivity index (χ4v) is 2.64.